The first-order valence-corrected chi connectivity index (χ1v) is 10.6. The molecule has 31 heavy (non-hydrogen) atoms. The van der Waals surface area contributed by atoms with E-state index in [0.717, 1.165) is 21.2 Å². The number of benzene rings is 2. The minimum atomic E-state index is -0.235. The highest BCUT2D eigenvalue weighted by Crippen LogP contribution is 2.25. The number of carbonyl (C=O) groups is 2. The lowest BCUT2D eigenvalue weighted by Crippen LogP contribution is -2.28. The first-order chi connectivity index (χ1) is 14.8. The summed E-state index contributed by atoms with van der Waals surface area (Å²) in [5.74, 6) is 0.738. The third-order valence-electron chi connectivity index (χ3n) is 4.90. The van der Waals surface area contributed by atoms with Gasteiger partial charge in [-0.05, 0) is 28.8 Å². The monoisotopic (exact) mass is 484 g/mol. The van der Waals surface area contributed by atoms with Crippen LogP contribution < -0.4 is 4.90 Å². The van der Waals surface area contributed by atoms with Crippen LogP contribution in [0.3, 0.4) is 0 Å². The van der Waals surface area contributed by atoms with Gasteiger partial charge in [-0.3, -0.25) is 9.59 Å². The normalized spacial score (nSPS) is 10.7. The van der Waals surface area contributed by atoms with Gasteiger partial charge in [0.25, 0.3) is 5.91 Å². The summed E-state index contributed by atoms with van der Waals surface area (Å²) in [7, 11) is 4.93. The van der Waals surface area contributed by atoms with Crippen LogP contribution >= 0.6 is 15.9 Å². The molecule has 8 heteroatoms. The summed E-state index contributed by atoms with van der Waals surface area (Å²) in [6.45, 7) is 0.368. The van der Waals surface area contributed by atoms with E-state index in [1.54, 1.807) is 21.1 Å². The van der Waals surface area contributed by atoms with Gasteiger partial charge >= 0.3 is 0 Å². The predicted molar refractivity (Wildman–Crippen MR) is 123 cm³/mol. The van der Waals surface area contributed by atoms with Gasteiger partial charge in [0.2, 0.25) is 6.41 Å². The predicted octanol–water partition coefficient (Wildman–Crippen LogP) is 3.07. The molecule has 0 spiro atoms. The van der Waals surface area contributed by atoms with Crippen molar-refractivity contribution in [2.45, 2.75) is 19.6 Å². The molecule has 162 valence electrons. The Morgan fingerprint density at radius 3 is 2.42 bits per heavy atom. The van der Waals surface area contributed by atoms with Crippen LogP contribution in [0.25, 0.3) is 0 Å². The van der Waals surface area contributed by atoms with E-state index in [2.05, 4.69) is 20.9 Å². The largest absolute Gasteiger partial charge is 0.392 e. The van der Waals surface area contributed by atoms with Crippen LogP contribution in [0, 0.1) is 0 Å². The van der Waals surface area contributed by atoms with Gasteiger partial charge in [0.1, 0.15) is 5.82 Å². The molecule has 0 aliphatic heterocycles. The first kappa shape index (κ1) is 22.7. The van der Waals surface area contributed by atoms with Crippen molar-refractivity contribution in [2.75, 3.05) is 26.0 Å². The average molecular weight is 485 g/mol. The minimum absolute atomic E-state index is 0.0518. The number of imidazole rings is 1. The number of hydrogen-bond acceptors (Lipinski definition) is 4. The zero-order chi connectivity index (χ0) is 22.5. The Labute approximate surface area is 190 Å². The van der Waals surface area contributed by atoms with Crippen LogP contribution in [0.15, 0.2) is 53.0 Å². The van der Waals surface area contributed by atoms with Crippen molar-refractivity contribution in [2.24, 2.45) is 0 Å². The summed E-state index contributed by atoms with van der Waals surface area (Å²) >= 11 is 3.50. The average Bonchev–Trinajstić information content (AvgIpc) is 3.10. The number of aliphatic hydroxyl groups is 1. The number of nitrogens with zero attached hydrogens (tertiary/aromatic N) is 4. The van der Waals surface area contributed by atoms with Crippen LogP contribution in [-0.4, -0.2) is 53.0 Å². The molecule has 1 N–H and O–H groups in total. The number of aromatic nitrogens is 2. The fraction of sp³-hybridized carbons (Fsp3) is 0.261. The van der Waals surface area contributed by atoms with Crippen molar-refractivity contribution >= 4 is 34.1 Å². The summed E-state index contributed by atoms with van der Waals surface area (Å²) < 4.78 is 2.80. The lowest BCUT2D eigenvalue weighted by molar-refractivity contribution is -0.107. The number of aliphatic hydroxyl groups excluding tert-OH is 1. The van der Waals surface area contributed by atoms with E-state index in [-0.39, 0.29) is 12.5 Å². The first-order valence-electron chi connectivity index (χ1n) is 9.76. The third-order valence-corrected chi connectivity index (χ3v) is 5.39. The van der Waals surface area contributed by atoms with E-state index in [0.29, 0.717) is 36.7 Å². The van der Waals surface area contributed by atoms with Gasteiger partial charge in [-0.15, -0.1) is 0 Å². The molecule has 0 radical (unpaired) electrons. The van der Waals surface area contributed by atoms with Crippen molar-refractivity contribution < 1.29 is 14.7 Å². The van der Waals surface area contributed by atoms with E-state index < -0.39 is 0 Å². The zero-order valence-corrected chi connectivity index (χ0v) is 19.3. The van der Waals surface area contributed by atoms with E-state index in [4.69, 9.17) is 0 Å². The second kappa shape index (κ2) is 9.89. The van der Waals surface area contributed by atoms with Gasteiger partial charge in [-0.1, -0.05) is 52.3 Å². The summed E-state index contributed by atoms with van der Waals surface area (Å²) in [5.41, 5.74) is 3.10. The highest BCUT2D eigenvalue weighted by Gasteiger charge is 2.27. The standard InChI is InChI=1S/C23H25BrN4O3/c1-26(2)23(31)21-22(27(3)15-30)25-20(12-16-6-4-8-18(10-16)14-29)28(21)13-17-7-5-9-19(24)11-17/h4-11,15,29H,12-14H2,1-3H3. The highest BCUT2D eigenvalue weighted by molar-refractivity contribution is 9.10. The molecule has 1 heterocycles. The van der Waals surface area contributed by atoms with E-state index in [1.807, 2.05) is 53.1 Å². The number of halogens is 1. The van der Waals surface area contributed by atoms with Crippen molar-refractivity contribution in [3.63, 3.8) is 0 Å². The fourth-order valence-corrected chi connectivity index (χ4v) is 3.79. The van der Waals surface area contributed by atoms with Gasteiger partial charge < -0.3 is 19.5 Å². The van der Waals surface area contributed by atoms with Gasteiger partial charge in [0.05, 0.1) is 6.61 Å². The van der Waals surface area contributed by atoms with Crippen LogP contribution in [-0.2, 0) is 24.4 Å². The lowest BCUT2D eigenvalue weighted by atomic mass is 10.1. The van der Waals surface area contributed by atoms with Crippen LogP contribution in [0.1, 0.15) is 33.0 Å². The maximum absolute atomic E-state index is 13.1. The molecule has 7 nitrogen and oxygen atoms in total. The van der Waals surface area contributed by atoms with E-state index >= 15 is 0 Å². The smallest absolute Gasteiger partial charge is 0.273 e. The second-order valence-corrected chi connectivity index (χ2v) is 8.40. The number of amides is 2. The Balaban J connectivity index is 2.17. The molecular formula is C23H25BrN4O3. The van der Waals surface area contributed by atoms with Crippen molar-refractivity contribution in [1.29, 1.82) is 0 Å². The molecule has 0 saturated carbocycles. The Hall–Kier alpha value is -2.97. The number of carbonyl (C=O) groups excluding carboxylic acids is 2. The van der Waals surface area contributed by atoms with Crippen LogP contribution in [0.5, 0.6) is 0 Å². The topological polar surface area (TPSA) is 78.7 Å². The van der Waals surface area contributed by atoms with Gasteiger partial charge in [-0.25, -0.2) is 4.98 Å². The quantitative estimate of drug-likeness (QED) is 0.498. The van der Waals surface area contributed by atoms with Crippen LogP contribution in [0.4, 0.5) is 5.82 Å². The molecule has 0 atom stereocenters. The number of anilines is 1. The molecular weight excluding hydrogens is 460 g/mol. The SMILES string of the molecule is CN(C)C(=O)c1c(N(C)C=O)nc(Cc2cccc(CO)c2)n1Cc1cccc(Br)c1. The zero-order valence-electron chi connectivity index (χ0n) is 17.7. The molecule has 0 saturated heterocycles. The Morgan fingerprint density at radius 2 is 1.77 bits per heavy atom. The Morgan fingerprint density at radius 1 is 1.10 bits per heavy atom. The third kappa shape index (κ3) is 5.21. The van der Waals surface area contributed by atoms with Gasteiger partial charge in [0, 0.05) is 38.6 Å². The summed E-state index contributed by atoms with van der Waals surface area (Å²) in [6, 6.07) is 15.4. The molecule has 1 aromatic heterocycles. The molecule has 0 unspecified atom stereocenters. The van der Waals surface area contributed by atoms with E-state index in [1.165, 1.54) is 9.80 Å². The molecule has 0 aliphatic carbocycles. The molecule has 3 aromatic rings. The minimum Gasteiger partial charge on any atom is -0.392 e. The van der Waals surface area contributed by atoms with Crippen molar-refractivity contribution in [3.8, 4) is 0 Å². The lowest BCUT2D eigenvalue weighted by Gasteiger charge is -2.17. The van der Waals surface area contributed by atoms with Crippen molar-refractivity contribution in [3.05, 3.63) is 81.2 Å². The highest BCUT2D eigenvalue weighted by atomic mass is 79.9. The Bertz CT molecular complexity index is 1090. The van der Waals surface area contributed by atoms with Crippen LogP contribution in [0.2, 0.25) is 0 Å². The summed E-state index contributed by atoms with van der Waals surface area (Å²) in [4.78, 5) is 32.1. The summed E-state index contributed by atoms with van der Waals surface area (Å²) in [6.07, 6.45) is 1.09. The van der Waals surface area contributed by atoms with E-state index in [9.17, 15) is 14.7 Å². The molecule has 0 bridgehead atoms. The molecule has 0 fully saturated rings. The fourth-order valence-electron chi connectivity index (χ4n) is 3.35. The summed E-state index contributed by atoms with van der Waals surface area (Å²) in [5, 5.41) is 9.47. The number of hydrogen-bond donors (Lipinski definition) is 1. The van der Waals surface area contributed by atoms with Crippen molar-refractivity contribution in [1.82, 2.24) is 14.5 Å². The number of rotatable bonds is 8. The molecule has 2 aromatic carbocycles. The molecule has 0 aliphatic rings. The molecule has 3 rings (SSSR count). The van der Waals surface area contributed by atoms with Gasteiger partial charge in [0.15, 0.2) is 11.5 Å². The second-order valence-electron chi connectivity index (χ2n) is 7.49. The maximum atomic E-state index is 13.1. The van der Waals surface area contributed by atoms with Gasteiger partial charge in [-0.2, -0.15) is 0 Å². The Kier molecular flexibility index (Phi) is 7.25. The maximum Gasteiger partial charge on any atom is 0.273 e. The molecule has 2 amide bonds.